The molecule has 0 aliphatic rings. The van der Waals surface area contributed by atoms with E-state index in [0.717, 1.165) is 23.9 Å². The number of fused-ring (bicyclic) bond motifs is 1. The van der Waals surface area contributed by atoms with E-state index in [4.69, 9.17) is 16.7 Å². The molecule has 0 radical (unpaired) electrons. The molecule has 0 amide bonds. The molecule has 2 aromatic carbocycles. The van der Waals surface area contributed by atoms with Crippen LogP contribution < -0.4 is 0 Å². The van der Waals surface area contributed by atoms with Crippen LogP contribution in [0, 0.1) is 23.5 Å². The first-order valence-corrected chi connectivity index (χ1v) is 8.29. The summed E-state index contributed by atoms with van der Waals surface area (Å²) in [7, 11) is 0. The smallest absolute Gasteiger partial charge is 0.313 e. The van der Waals surface area contributed by atoms with Gasteiger partial charge in [0.15, 0.2) is 5.16 Å². The monoisotopic (exact) mass is 378 g/mol. The van der Waals surface area contributed by atoms with E-state index < -0.39 is 17.6 Å². The number of nitrogens with one attached hydrogen (secondary N) is 1. The van der Waals surface area contributed by atoms with Crippen molar-refractivity contribution in [1.29, 1.82) is 0 Å². The van der Waals surface area contributed by atoms with Crippen molar-refractivity contribution in [3.63, 3.8) is 0 Å². The SMILES string of the molecule is O=C(O)CSc1nc2cc(Cl)c(C#Cc3ccc(F)cc3F)cc2[nH]1. The fourth-order valence-electron chi connectivity index (χ4n) is 2.03. The van der Waals surface area contributed by atoms with Crippen LogP contribution in [-0.2, 0) is 4.79 Å². The second-order valence-corrected chi connectivity index (χ2v) is 6.32. The maximum Gasteiger partial charge on any atom is 0.313 e. The number of benzene rings is 2. The van der Waals surface area contributed by atoms with Gasteiger partial charge in [-0.25, -0.2) is 13.8 Å². The summed E-state index contributed by atoms with van der Waals surface area (Å²) in [5.74, 6) is 2.87. The van der Waals surface area contributed by atoms with E-state index in [9.17, 15) is 13.6 Å². The predicted octanol–water partition coefficient (Wildman–Crippen LogP) is 4.07. The molecule has 0 saturated heterocycles. The van der Waals surface area contributed by atoms with Crippen molar-refractivity contribution in [1.82, 2.24) is 9.97 Å². The number of aromatic nitrogens is 2. The first-order valence-electron chi connectivity index (χ1n) is 6.93. The summed E-state index contributed by atoms with van der Waals surface area (Å²) in [5, 5.41) is 9.47. The first-order chi connectivity index (χ1) is 11.9. The third-order valence-corrected chi connectivity index (χ3v) is 4.32. The number of hydrogen-bond donors (Lipinski definition) is 2. The fraction of sp³-hybridized carbons (Fsp3) is 0.0588. The third kappa shape index (κ3) is 4.10. The Morgan fingerprint density at radius 1 is 1.24 bits per heavy atom. The molecule has 0 fully saturated rings. The molecule has 8 heteroatoms. The molecule has 126 valence electrons. The molecule has 2 N–H and O–H groups in total. The lowest BCUT2D eigenvalue weighted by Gasteiger charge is -1.97. The number of thioether (sulfide) groups is 1. The van der Waals surface area contributed by atoms with Crippen LogP contribution in [0.4, 0.5) is 8.78 Å². The highest BCUT2D eigenvalue weighted by Gasteiger charge is 2.09. The molecular formula is C17H9ClF2N2O2S. The van der Waals surface area contributed by atoms with E-state index in [1.165, 1.54) is 6.07 Å². The number of hydrogen-bond acceptors (Lipinski definition) is 3. The molecule has 1 aromatic heterocycles. The Balaban J connectivity index is 1.93. The van der Waals surface area contributed by atoms with Crippen LogP contribution in [0.25, 0.3) is 11.0 Å². The summed E-state index contributed by atoms with van der Waals surface area (Å²) in [4.78, 5) is 17.8. The van der Waals surface area contributed by atoms with Crippen molar-refractivity contribution in [2.45, 2.75) is 5.16 Å². The van der Waals surface area contributed by atoms with E-state index in [-0.39, 0.29) is 11.3 Å². The highest BCUT2D eigenvalue weighted by molar-refractivity contribution is 7.99. The molecule has 1 heterocycles. The standard InChI is InChI=1S/C17H9ClF2N2O2S/c18-12-7-15-14(21-17(22-15)25-8-16(23)24)5-10(12)2-1-9-3-4-11(19)6-13(9)20/h3-7H,8H2,(H,21,22)(H,23,24). The molecule has 0 aliphatic heterocycles. The quantitative estimate of drug-likeness (QED) is 0.532. The van der Waals surface area contributed by atoms with Crippen LogP contribution in [0.5, 0.6) is 0 Å². The number of H-pyrrole nitrogens is 1. The highest BCUT2D eigenvalue weighted by atomic mass is 35.5. The number of carboxylic acids is 1. The van der Waals surface area contributed by atoms with Crippen LogP contribution in [0.1, 0.15) is 11.1 Å². The normalized spacial score (nSPS) is 10.5. The van der Waals surface area contributed by atoms with E-state index in [1.54, 1.807) is 12.1 Å². The second-order valence-electron chi connectivity index (χ2n) is 4.95. The number of aliphatic carboxylic acids is 1. The van der Waals surface area contributed by atoms with Crippen molar-refractivity contribution in [2.24, 2.45) is 0 Å². The lowest BCUT2D eigenvalue weighted by Crippen LogP contribution is -1.97. The van der Waals surface area contributed by atoms with Gasteiger partial charge in [-0.3, -0.25) is 4.79 Å². The van der Waals surface area contributed by atoms with Crippen LogP contribution in [0.15, 0.2) is 35.5 Å². The molecule has 0 bridgehead atoms. The van der Waals surface area contributed by atoms with Gasteiger partial charge in [0.05, 0.1) is 27.4 Å². The first kappa shape index (κ1) is 17.3. The molecule has 25 heavy (non-hydrogen) atoms. The zero-order chi connectivity index (χ0) is 18.0. The van der Waals surface area contributed by atoms with E-state index in [1.807, 2.05) is 0 Å². The summed E-state index contributed by atoms with van der Waals surface area (Å²) in [6.07, 6.45) is 0. The van der Waals surface area contributed by atoms with Crippen LogP contribution in [-0.4, -0.2) is 26.8 Å². The lowest BCUT2D eigenvalue weighted by atomic mass is 10.1. The Morgan fingerprint density at radius 3 is 2.72 bits per heavy atom. The third-order valence-electron chi connectivity index (χ3n) is 3.14. The van der Waals surface area contributed by atoms with Crippen molar-refractivity contribution in [3.8, 4) is 11.8 Å². The summed E-state index contributed by atoms with van der Waals surface area (Å²) in [6, 6.07) is 6.36. The van der Waals surface area contributed by atoms with Gasteiger partial charge in [0.1, 0.15) is 11.6 Å². The van der Waals surface area contributed by atoms with Crippen molar-refractivity contribution >= 4 is 40.4 Å². The maximum absolute atomic E-state index is 13.6. The minimum Gasteiger partial charge on any atom is -0.481 e. The molecular weight excluding hydrogens is 370 g/mol. The summed E-state index contributed by atoms with van der Waals surface area (Å²) in [6.45, 7) is 0. The van der Waals surface area contributed by atoms with Gasteiger partial charge in [0, 0.05) is 11.6 Å². The van der Waals surface area contributed by atoms with Crippen molar-refractivity contribution < 1.29 is 18.7 Å². The minimum atomic E-state index is -0.948. The van der Waals surface area contributed by atoms with Gasteiger partial charge < -0.3 is 10.1 Å². The molecule has 3 aromatic rings. The number of aromatic amines is 1. The fourth-order valence-corrected chi connectivity index (χ4v) is 2.84. The number of carbonyl (C=O) groups is 1. The Morgan fingerprint density at radius 2 is 2.00 bits per heavy atom. The number of rotatable bonds is 3. The van der Waals surface area contributed by atoms with Crippen molar-refractivity contribution in [2.75, 3.05) is 5.75 Å². The van der Waals surface area contributed by atoms with Gasteiger partial charge in [-0.2, -0.15) is 0 Å². The number of carboxylic acid groups (broad SMARTS) is 1. The maximum atomic E-state index is 13.6. The molecule has 4 nitrogen and oxygen atoms in total. The van der Waals surface area contributed by atoms with Gasteiger partial charge in [-0.05, 0) is 24.3 Å². The average Bonchev–Trinajstić information content (AvgIpc) is 2.93. The average molecular weight is 379 g/mol. The second kappa shape index (κ2) is 7.13. The van der Waals surface area contributed by atoms with Gasteiger partial charge in [-0.15, -0.1) is 0 Å². The molecule has 0 aliphatic carbocycles. The van der Waals surface area contributed by atoms with Gasteiger partial charge >= 0.3 is 5.97 Å². The Kier molecular flexibility index (Phi) is 4.93. The molecule has 0 saturated carbocycles. The van der Waals surface area contributed by atoms with E-state index in [2.05, 4.69) is 21.8 Å². The summed E-state index contributed by atoms with van der Waals surface area (Å²) >= 11 is 7.21. The molecule has 3 rings (SSSR count). The zero-order valence-corrected chi connectivity index (χ0v) is 14.0. The predicted molar refractivity (Wildman–Crippen MR) is 91.8 cm³/mol. The minimum absolute atomic E-state index is 0.0554. The Labute approximate surface area is 150 Å². The number of halogens is 3. The molecule has 0 atom stereocenters. The van der Waals surface area contributed by atoms with Crippen LogP contribution in [0.2, 0.25) is 5.02 Å². The Hall–Kier alpha value is -2.56. The molecule has 0 unspecified atom stereocenters. The van der Waals surface area contributed by atoms with Crippen molar-refractivity contribution in [3.05, 3.63) is 58.1 Å². The van der Waals surface area contributed by atoms with Crippen LogP contribution >= 0.6 is 23.4 Å². The van der Waals surface area contributed by atoms with Crippen LogP contribution in [0.3, 0.4) is 0 Å². The van der Waals surface area contributed by atoms with Gasteiger partial charge in [0.25, 0.3) is 0 Å². The molecule has 0 spiro atoms. The van der Waals surface area contributed by atoms with Gasteiger partial charge in [-0.1, -0.05) is 35.2 Å². The number of imidazole rings is 1. The summed E-state index contributed by atoms with van der Waals surface area (Å²) < 4.78 is 26.5. The van der Waals surface area contributed by atoms with Gasteiger partial charge in [0.2, 0.25) is 0 Å². The topological polar surface area (TPSA) is 66.0 Å². The van der Waals surface area contributed by atoms with E-state index >= 15 is 0 Å². The zero-order valence-electron chi connectivity index (χ0n) is 12.4. The largest absolute Gasteiger partial charge is 0.481 e. The highest BCUT2D eigenvalue weighted by Crippen LogP contribution is 2.25. The van der Waals surface area contributed by atoms with E-state index in [0.29, 0.717) is 26.8 Å². The Bertz CT molecular complexity index is 1040. The number of nitrogens with zero attached hydrogens (tertiary/aromatic N) is 1. The lowest BCUT2D eigenvalue weighted by molar-refractivity contribution is -0.133. The summed E-state index contributed by atoms with van der Waals surface area (Å²) in [5.41, 5.74) is 1.69.